The topological polar surface area (TPSA) is 81.1 Å². The summed E-state index contributed by atoms with van der Waals surface area (Å²) in [6.07, 6.45) is 2.90. The highest BCUT2D eigenvalue weighted by Crippen LogP contribution is 2.22. The molecule has 0 aliphatic carbocycles. The molecule has 1 saturated heterocycles. The predicted octanol–water partition coefficient (Wildman–Crippen LogP) is 2.44. The molecular weight excluding hydrogens is 342 g/mol. The molecular formula is C20H29N5O2. The van der Waals surface area contributed by atoms with Crippen LogP contribution in [0.2, 0.25) is 0 Å². The molecule has 27 heavy (non-hydrogen) atoms. The summed E-state index contributed by atoms with van der Waals surface area (Å²) in [5.41, 5.74) is 2.52. The maximum atomic E-state index is 12.5. The van der Waals surface area contributed by atoms with Crippen molar-refractivity contribution in [2.75, 3.05) is 26.7 Å². The summed E-state index contributed by atoms with van der Waals surface area (Å²) in [6, 6.07) is 8.40. The van der Waals surface area contributed by atoms with Crippen LogP contribution in [0.4, 0.5) is 0 Å². The number of nitrogens with one attached hydrogen (secondary N) is 2. The zero-order valence-electron chi connectivity index (χ0n) is 16.4. The van der Waals surface area contributed by atoms with E-state index in [2.05, 4.69) is 40.0 Å². The second-order valence-corrected chi connectivity index (χ2v) is 7.17. The maximum Gasteiger partial charge on any atom is 0.273 e. The van der Waals surface area contributed by atoms with E-state index < -0.39 is 0 Å². The van der Waals surface area contributed by atoms with E-state index in [0.717, 1.165) is 43.8 Å². The first-order valence-corrected chi connectivity index (χ1v) is 9.64. The number of hydrogen-bond donors (Lipinski definition) is 2. The number of aromatic nitrogens is 3. The first-order chi connectivity index (χ1) is 13.1. The van der Waals surface area contributed by atoms with E-state index in [1.54, 1.807) is 7.11 Å². The minimum absolute atomic E-state index is 0.144. The molecule has 1 aliphatic rings. The Kier molecular flexibility index (Phi) is 6.45. The van der Waals surface area contributed by atoms with Crippen LogP contribution in [0.15, 0.2) is 24.3 Å². The number of methoxy groups -OCH3 is 1. The van der Waals surface area contributed by atoms with Gasteiger partial charge in [0.2, 0.25) is 0 Å². The van der Waals surface area contributed by atoms with Crippen molar-refractivity contribution in [3.63, 3.8) is 0 Å². The summed E-state index contributed by atoms with van der Waals surface area (Å²) in [4.78, 5) is 12.5. The molecule has 1 unspecified atom stereocenters. The van der Waals surface area contributed by atoms with Gasteiger partial charge in [-0.2, -0.15) is 0 Å². The van der Waals surface area contributed by atoms with Crippen molar-refractivity contribution in [2.24, 2.45) is 0 Å². The Bertz CT molecular complexity index is 750. The first-order valence-electron chi connectivity index (χ1n) is 9.64. The fraction of sp³-hybridized carbons (Fsp3) is 0.550. The quantitative estimate of drug-likeness (QED) is 0.781. The van der Waals surface area contributed by atoms with E-state index in [4.69, 9.17) is 4.74 Å². The van der Waals surface area contributed by atoms with Gasteiger partial charge in [-0.3, -0.25) is 4.79 Å². The van der Waals surface area contributed by atoms with Crippen LogP contribution in [0.1, 0.15) is 59.9 Å². The van der Waals surface area contributed by atoms with Crippen LogP contribution in [-0.4, -0.2) is 47.6 Å². The zero-order valence-corrected chi connectivity index (χ0v) is 16.4. The monoisotopic (exact) mass is 371 g/mol. The van der Waals surface area contributed by atoms with E-state index in [-0.39, 0.29) is 5.91 Å². The average Bonchev–Trinajstić information content (AvgIpc) is 3.10. The van der Waals surface area contributed by atoms with E-state index in [1.807, 2.05) is 23.7 Å². The number of ether oxygens (including phenoxy) is 1. The van der Waals surface area contributed by atoms with Crippen molar-refractivity contribution in [2.45, 2.75) is 45.1 Å². The lowest BCUT2D eigenvalue weighted by atomic mass is 9.98. The third kappa shape index (κ3) is 4.66. The Morgan fingerprint density at radius 2 is 2.04 bits per heavy atom. The third-order valence-corrected chi connectivity index (χ3v) is 5.34. The van der Waals surface area contributed by atoms with Gasteiger partial charge in [0.1, 0.15) is 5.75 Å². The molecule has 1 aromatic heterocycles. The van der Waals surface area contributed by atoms with E-state index >= 15 is 0 Å². The molecule has 0 radical (unpaired) electrons. The highest BCUT2D eigenvalue weighted by molar-refractivity contribution is 5.93. The van der Waals surface area contributed by atoms with E-state index in [1.165, 1.54) is 5.56 Å². The lowest BCUT2D eigenvalue weighted by molar-refractivity contribution is 0.0947. The lowest BCUT2D eigenvalue weighted by Crippen LogP contribution is -2.30. The van der Waals surface area contributed by atoms with Crippen molar-refractivity contribution in [3.05, 3.63) is 41.2 Å². The Morgan fingerprint density at radius 1 is 1.33 bits per heavy atom. The van der Waals surface area contributed by atoms with Crippen molar-refractivity contribution in [3.8, 4) is 5.75 Å². The standard InChI is InChI=1S/C20H29N5O2/c1-14(16-4-6-18(27-3)7-5-16)8-13-22-20(26)19-15(2)25(24-23-19)17-9-11-21-12-10-17/h4-7,14,17,21H,8-13H2,1-3H3,(H,22,26). The maximum absolute atomic E-state index is 12.5. The molecule has 1 fully saturated rings. The normalized spacial score (nSPS) is 16.1. The molecule has 2 heterocycles. The van der Waals surface area contributed by atoms with Gasteiger partial charge in [0.25, 0.3) is 5.91 Å². The average molecular weight is 371 g/mol. The molecule has 7 heteroatoms. The van der Waals surface area contributed by atoms with Crippen molar-refractivity contribution >= 4 is 5.91 Å². The summed E-state index contributed by atoms with van der Waals surface area (Å²) in [6.45, 7) is 6.65. The van der Waals surface area contributed by atoms with E-state index in [9.17, 15) is 4.79 Å². The number of carbonyl (C=O) groups is 1. The van der Waals surface area contributed by atoms with Crippen LogP contribution in [0.25, 0.3) is 0 Å². The molecule has 1 aliphatic heterocycles. The van der Waals surface area contributed by atoms with Crippen molar-refractivity contribution in [1.29, 1.82) is 0 Å². The molecule has 0 saturated carbocycles. The molecule has 2 aromatic rings. The molecule has 146 valence electrons. The van der Waals surface area contributed by atoms with Gasteiger partial charge in [0.15, 0.2) is 5.69 Å². The largest absolute Gasteiger partial charge is 0.497 e. The molecule has 0 bridgehead atoms. The van der Waals surface area contributed by atoms with Gasteiger partial charge in [-0.25, -0.2) is 4.68 Å². The smallest absolute Gasteiger partial charge is 0.273 e. The minimum atomic E-state index is -0.144. The highest BCUT2D eigenvalue weighted by atomic mass is 16.5. The Labute approximate surface area is 160 Å². The fourth-order valence-corrected chi connectivity index (χ4v) is 3.53. The SMILES string of the molecule is COc1ccc(C(C)CCNC(=O)c2nnn(C3CCNCC3)c2C)cc1. The van der Waals surface area contributed by atoms with Crippen LogP contribution >= 0.6 is 0 Å². The van der Waals surface area contributed by atoms with Crippen LogP contribution < -0.4 is 15.4 Å². The number of carbonyl (C=O) groups excluding carboxylic acids is 1. The predicted molar refractivity (Wildman–Crippen MR) is 104 cm³/mol. The van der Waals surface area contributed by atoms with Crippen molar-refractivity contribution < 1.29 is 9.53 Å². The highest BCUT2D eigenvalue weighted by Gasteiger charge is 2.22. The summed E-state index contributed by atoms with van der Waals surface area (Å²) < 4.78 is 7.10. The van der Waals surface area contributed by atoms with Gasteiger partial charge < -0.3 is 15.4 Å². The molecule has 0 spiro atoms. The minimum Gasteiger partial charge on any atom is -0.497 e. The first kappa shape index (κ1) is 19.4. The molecule has 2 N–H and O–H groups in total. The number of nitrogens with zero attached hydrogens (tertiary/aromatic N) is 3. The van der Waals surface area contributed by atoms with Crippen LogP contribution in [0.5, 0.6) is 5.75 Å². The molecule has 1 amide bonds. The number of amides is 1. The summed E-state index contributed by atoms with van der Waals surface area (Å²) in [5.74, 6) is 1.06. The fourth-order valence-electron chi connectivity index (χ4n) is 3.53. The Morgan fingerprint density at radius 3 is 2.70 bits per heavy atom. The summed E-state index contributed by atoms with van der Waals surface area (Å²) in [7, 11) is 1.66. The van der Waals surface area contributed by atoms with Gasteiger partial charge in [0, 0.05) is 6.54 Å². The third-order valence-electron chi connectivity index (χ3n) is 5.34. The molecule has 1 atom stereocenters. The van der Waals surface area contributed by atoms with Gasteiger partial charge in [-0.15, -0.1) is 5.10 Å². The Hall–Kier alpha value is -2.41. The molecule has 3 rings (SSSR count). The molecule has 7 nitrogen and oxygen atoms in total. The second kappa shape index (κ2) is 8.99. The lowest BCUT2D eigenvalue weighted by Gasteiger charge is -2.23. The van der Waals surface area contributed by atoms with Crippen LogP contribution in [-0.2, 0) is 0 Å². The van der Waals surface area contributed by atoms with E-state index in [0.29, 0.717) is 24.2 Å². The Balaban J connectivity index is 1.52. The second-order valence-electron chi connectivity index (χ2n) is 7.17. The number of rotatable bonds is 7. The zero-order chi connectivity index (χ0) is 19.2. The summed E-state index contributed by atoms with van der Waals surface area (Å²) in [5, 5.41) is 14.7. The molecule has 1 aromatic carbocycles. The van der Waals surface area contributed by atoms with Gasteiger partial charge >= 0.3 is 0 Å². The number of benzene rings is 1. The van der Waals surface area contributed by atoms with Gasteiger partial charge in [-0.05, 0) is 62.9 Å². The number of hydrogen-bond acceptors (Lipinski definition) is 5. The van der Waals surface area contributed by atoms with Crippen molar-refractivity contribution in [1.82, 2.24) is 25.6 Å². The summed E-state index contributed by atoms with van der Waals surface area (Å²) >= 11 is 0. The van der Waals surface area contributed by atoms with Gasteiger partial charge in [0.05, 0.1) is 18.8 Å². The van der Waals surface area contributed by atoms with Gasteiger partial charge in [-0.1, -0.05) is 24.3 Å². The van der Waals surface area contributed by atoms with Crippen LogP contribution in [0.3, 0.4) is 0 Å². The number of piperidine rings is 1. The van der Waals surface area contributed by atoms with Crippen LogP contribution in [0, 0.1) is 6.92 Å².